The number of anilines is 1. The van der Waals surface area contributed by atoms with E-state index in [-0.39, 0.29) is 6.79 Å². The molecule has 0 radical (unpaired) electrons. The van der Waals surface area contributed by atoms with E-state index in [0.29, 0.717) is 11.7 Å². The Bertz CT molecular complexity index is 666. The normalized spacial score (nSPS) is 11.8. The van der Waals surface area contributed by atoms with Crippen LogP contribution in [-0.2, 0) is 6.54 Å². The quantitative estimate of drug-likeness (QED) is 0.548. The van der Waals surface area contributed by atoms with Gasteiger partial charge in [0.25, 0.3) is 5.82 Å². The molecule has 3 rings (SSSR count). The second-order valence-corrected chi connectivity index (χ2v) is 5.41. The average molecular weight is 331 g/mol. The number of ether oxygens (including phenoxy) is 2. The van der Waals surface area contributed by atoms with E-state index in [9.17, 15) is 0 Å². The van der Waals surface area contributed by atoms with Crippen LogP contribution in [0, 0.1) is 0 Å². The van der Waals surface area contributed by atoms with Crippen molar-refractivity contribution in [1.29, 1.82) is 0 Å². The van der Waals surface area contributed by atoms with Crippen molar-refractivity contribution in [1.82, 2.24) is 10.6 Å². The second-order valence-electron chi connectivity index (χ2n) is 5.00. The maximum atomic E-state index is 5.36. The summed E-state index contributed by atoms with van der Waals surface area (Å²) in [4.78, 5) is 3.11. The summed E-state index contributed by atoms with van der Waals surface area (Å²) in [6.07, 6.45) is 1.88. The molecule has 0 saturated carbocycles. The molecular weight excluding hydrogens is 312 g/mol. The van der Waals surface area contributed by atoms with Crippen molar-refractivity contribution in [3.63, 3.8) is 0 Å². The Hall–Kier alpha value is -2.54. The lowest BCUT2D eigenvalue weighted by Crippen LogP contribution is -2.37. The van der Waals surface area contributed by atoms with Crippen LogP contribution in [0.2, 0.25) is 0 Å². The summed E-state index contributed by atoms with van der Waals surface area (Å²) in [5.41, 5.74) is 1.09. The third-order valence-electron chi connectivity index (χ3n) is 3.33. The van der Waals surface area contributed by atoms with Gasteiger partial charge < -0.3 is 20.1 Å². The van der Waals surface area contributed by atoms with Crippen LogP contribution in [0.3, 0.4) is 0 Å². The lowest BCUT2D eigenvalue weighted by Gasteiger charge is -2.10. The number of thiocarbonyl (C=S) groups is 1. The minimum Gasteiger partial charge on any atom is -0.454 e. The Balaban J connectivity index is 1.35. The van der Waals surface area contributed by atoms with E-state index in [4.69, 9.17) is 21.7 Å². The first kappa shape index (κ1) is 15.4. The molecule has 0 atom stereocenters. The minimum atomic E-state index is 0.290. The van der Waals surface area contributed by atoms with E-state index < -0.39 is 0 Å². The predicted molar refractivity (Wildman–Crippen MR) is 91.5 cm³/mol. The van der Waals surface area contributed by atoms with E-state index in [2.05, 4.69) is 20.9 Å². The van der Waals surface area contributed by atoms with Gasteiger partial charge in [-0.3, -0.25) is 5.32 Å². The standard InChI is InChI=1S/C16H18N4O2S/c23-16(19-8-7-18-15-3-1-2-6-17-15)20-10-12-4-5-13-14(9-12)22-11-21-13/h1-6,9H,7-8,10-11H2,(H,17,18)(H2,19,20,23)/p+1. The Kier molecular flexibility index (Phi) is 5.10. The van der Waals surface area contributed by atoms with Crippen molar-refractivity contribution < 1.29 is 14.5 Å². The molecule has 0 saturated heterocycles. The van der Waals surface area contributed by atoms with Gasteiger partial charge >= 0.3 is 0 Å². The number of fused-ring (bicyclic) bond motifs is 1. The molecule has 0 fully saturated rings. The van der Waals surface area contributed by atoms with Gasteiger partial charge in [0.15, 0.2) is 16.6 Å². The van der Waals surface area contributed by atoms with Crippen molar-refractivity contribution >= 4 is 23.1 Å². The van der Waals surface area contributed by atoms with Gasteiger partial charge in [-0.05, 0) is 36.0 Å². The Morgan fingerprint density at radius 2 is 2.00 bits per heavy atom. The highest BCUT2D eigenvalue weighted by atomic mass is 32.1. The lowest BCUT2D eigenvalue weighted by atomic mass is 10.2. The van der Waals surface area contributed by atoms with Crippen molar-refractivity contribution in [2.24, 2.45) is 0 Å². The highest BCUT2D eigenvalue weighted by molar-refractivity contribution is 7.80. The highest BCUT2D eigenvalue weighted by Crippen LogP contribution is 2.32. The largest absolute Gasteiger partial charge is 0.454 e. The number of hydrogen-bond acceptors (Lipinski definition) is 4. The maximum absolute atomic E-state index is 5.36. The van der Waals surface area contributed by atoms with Crippen LogP contribution >= 0.6 is 12.2 Å². The number of benzene rings is 1. The van der Waals surface area contributed by atoms with Crippen molar-refractivity contribution in [2.75, 3.05) is 25.2 Å². The fraction of sp³-hybridized carbons (Fsp3) is 0.250. The zero-order chi connectivity index (χ0) is 15.9. The van der Waals surface area contributed by atoms with Crippen LogP contribution in [0.5, 0.6) is 11.5 Å². The van der Waals surface area contributed by atoms with Gasteiger partial charge in [0, 0.05) is 12.6 Å². The second kappa shape index (κ2) is 7.64. The molecular formula is C16H19N4O2S+. The van der Waals surface area contributed by atoms with Crippen LogP contribution in [-0.4, -0.2) is 25.0 Å². The molecule has 0 bridgehead atoms. The lowest BCUT2D eigenvalue weighted by molar-refractivity contribution is -0.361. The summed E-state index contributed by atoms with van der Waals surface area (Å²) in [5.74, 6) is 2.55. The SMILES string of the molecule is S=C(NCCNc1cccc[nH+]1)NCc1ccc2c(c1)OCO2. The predicted octanol–water partition coefficient (Wildman–Crippen LogP) is 1.31. The number of rotatable bonds is 6. The van der Waals surface area contributed by atoms with Gasteiger partial charge in [-0.15, -0.1) is 0 Å². The first-order valence-electron chi connectivity index (χ1n) is 7.42. The Morgan fingerprint density at radius 3 is 2.87 bits per heavy atom. The number of hydrogen-bond donors (Lipinski definition) is 3. The first-order chi connectivity index (χ1) is 11.3. The maximum Gasteiger partial charge on any atom is 0.272 e. The van der Waals surface area contributed by atoms with E-state index in [1.54, 1.807) is 0 Å². The number of nitrogens with one attached hydrogen (secondary N) is 4. The van der Waals surface area contributed by atoms with Gasteiger partial charge in [-0.25, -0.2) is 4.98 Å². The van der Waals surface area contributed by atoms with E-state index in [1.165, 1.54) is 0 Å². The smallest absolute Gasteiger partial charge is 0.272 e. The van der Waals surface area contributed by atoms with Gasteiger partial charge in [-0.2, -0.15) is 0 Å². The highest BCUT2D eigenvalue weighted by Gasteiger charge is 2.13. The molecule has 6 nitrogen and oxygen atoms in total. The van der Waals surface area contributed by atoms with Crippen molar-refractivity contribution in [3.05, 3.63) is 48.2 Å². The molecule has 7 heteroatoms. The molecule has 1 aromatic heterocycles. The fourth-order valence-corrected chi connectivity index (χ4v) is 2.35. The minimum absolute atomic E-state index is 0.290. The summed E-state index contributed by atoms with van der Waals surface area (Å²) in [5, 5.41) is 10.2. The molecule has 0 amide bonds. The van der Waals surface area contributed by atoms with Gasteiger partial charge in [0.05, 0.1) is 12.7 Å². The summed E-state index contributed by atoms with van der Waals surface area (Å²) in [6.45, 7) is 2.43. The van der Waals surface area contributed by atoms with Gasteiger partial charge in [-0.1, -0.05) is 12.1 Å². The van der Waals surface area contributed by atoms with Crippen molar-refractivity contribution in [2.45, 2.75) is 6.54 Å². The summed E-state index contributed by atoms with van der Waals surface area (Å²) < 4.78 is 10.6. The van der Waals surface area contributed by atoms with E-state index in [0.717, 1.165) is 36.0 Å². The summed E-state index contributed by atoms with van der Waals surface area (Å²) >= 11 is 5.27. The molecule has 0 unspecified atom stereocenters. The average Bonchev–Trinajstić information content (AvgIpc) is 3.05. The molecule has 1 aromatic carbocycles. The molecule has 120 valence electrons. The Labute approximate surface area is 140 Å². The molecule has 2 heterocycles. The van der Waals surface area contributed by atoms with Gasteiger partial charge in [0.2, 0.25) is 6.79 Å². The molecule has 0 spiro atoms. The zero-order valence-electron chi connectivity index (χ0n) is 12.6. The zero-order valence-corrected chi connectivity index (χ0v) is 13.4. The topological polar surface area (TPSA) is 68.7 Å². The molecule has 2 aromatic rings. The van der Waals surface area contributed by atoms with Gasteiger partial charge in [0.1, 0.15) is 6.54 Å². The Morgan fingerprint density at radius 1 is 1.09 bits per heavy atom. The van der Waals surface area contributed by atoms with E-state index >= 15 is 0 Å². The van der Waals surface area contributed by atoms with Crippen LogP contribution in [0.15, 0.2) is 42.6 Å². The fourth-order valence-electron chi connectivity index (χ4n) is 2.17. The van der Waals surface area contributed by atoms with Crippen molar-refractivity contribution in [3.8, 4) is 11.5 Å². The summed E-state index contributed by atoms with van der Waals surface area (Å²) in [7, 11) is 0. The number of H-pyrrole nitrogens is 1. The molecule has 4 N–H and O–H groups in total. The molecule has 1 aliphatic heterocycles. The first-order valence-corrected chi connectivity index (χ1v) is 7.83. The van der Waals surface area contributed by atoms with E-state index in [1.807, 2.05) is 42.6 Å². The third kappa shape index (κ3) is 4.46. The monoisotopic (exact) mass is 331 g/mol. The molecule has 1 aliphatic rings. The van der Waals surface area contributed by atoms with Crippen LogP contribution < -0.4 is 30.4 Å². The van der Waals surface area contributed by atoms with Crippen LogP contribution in [0.4, 0.5) is 5.82 Å². The number of aromatic amines is 1. The summed E-state index contributed by atoms with van der Waals surface area (Å²) in [6, 6.07) is 11.8. The molecule has 23 heavy (non-hydrogen) atoms. The van der Waals surface area contributed by atoms with Crippen LogP contribution in [0.1, 0.15) is 5.56 Å². The number of aromatic nitrogens is 1. The van der Waals surface area contributed by atoms with Crippen LogP contribution in [0.25, 0.3) is 0 Å². The third-order valence-corrected chi connectivity index (χ3v) is 3.61. The molecule has 0 aliphatic carbocycles. The number of pyridine rings is 1.